The average molecular weight is 435 g/mol. The summed E-state index contributed by atoms with van der Waals surface area (Å²) in [7, 11) is 3.18. The quantitative estimate of drug-likeness (QED) is 0.539. The zero-order valence-corrected chi connectivity index (χ0v) is 18.4. The molecule has 3 aromatic rings. The highest BCUT2D eigenvalue weighted by atomic mass is 32.2. The van der Waals surface area contributed by atoms with Gasteiger partial charge < -0.3 is 14.0 Å². The normalized spacial score (nSPS) is 11.9. The van der Waals surface area contributed by atoms with E-state index in [1.165, 1.54) is 23.1 Å². The van der Waals surface area contributed by atoms with Crippen LogP contribution in [-0.2, 0) is 11.3 Å². The maximum Gasteiger partial charge on any atom is 0.239 e. The van der Waals surface area contributed by atoms with Crippen molar-refractivity contribution in [1.82, 2.24) is 25.0 Å². The molecule has 2 aromatic heterocycles. The molecular formula is C18H22N6O3S2. The van der Waals surface area contributed by atoms with Crippen LogP contribution in [0.5, 0.6) is 11.5 Å². The Morgan fingerprint density at radius 3 is 2.59 bits per heavy atom. The summed E-state index contributed by atoms with van der Waals surface area (Å²) in [6, 6.07) is 5.59. The molecule has 2 heterocycles. The second-order valence-corrected chi connectivity index (χ2v) is 8.49. The van der Waals surface area contributed by atoms with E-state index in [1.807, 2.05) is 43.5 Å². The van der Waals surface area contributed by atoms with E-state index in [-0.39, 0.29) is 11.2 Å². The van der Waals surface area contributed by atoms with E-state index in [9.17, 15) is 4.79 Å². The van der Waals surface area contributed by atoms with Crippen LogP contribution < -0.4 is 14.8 Å². The number of thioether (sulfide) groups is 1. The number of benzene rings is 1. The van der Waals surface area contributed by atoms with Crippen molar-refractivity contribution in [3.63, 3.8) is 0 Å². The van der Waals surface area contributed by atoms with Crippen molar-refractivity contribution >= 4 is 34.1 Å². The lowest BCUT2D eigenvalue weighted by molar-refractivity contribution is -0.115. The number of hydrogen-bond donors (Lipinski definition) is 1. The monoisotopic (exact) mass is 434 g/mol. The number of carbonyl (C=O) groups is 1. The summed E-state index contributed by atoms with van der Waals surface area (Å²) in [6.07, 6.45) is 0. The van der Waals surface area contributed by atoms with Gasteiger partial charge in [0.15, 0.2) is 22.5 Å². The summed E-state index contributed by atoms with van der Waals surface area (Å²) in [5, 5.41) is 20.8. The summed E-state index contributed by atoms with van der Waals surface area (Å²) >= 11 is 2.68. The lowest BCUT2D eigenvalue weighted by atomic mass is 10.2. The van der Waals surface area contributed by atoms with E-state index >= 15 is 0 Å². The van der Waals surface area contributed by atoms with Gasteiger partial charge in [-0.25, -0.2) is 0 Å². The minimum atomic E-state index is -0.382. The van der Waals surface area contributed by atoms with Crippen LogP contribution in [0.2, 0.25) is 0 Å². The topological polar surface area (TPSA) is 104 Å². The van der Waals surface area contributed by atoms with Gasteiger partial charge in [-0.3, -0.25) is 10.1 Å². The number of rotatable bonds is 8. The third-order valence-corrected chi connectivity index (χ3v) is 5.92. The minimum absolute atomic E-state index is 0.163. The smallest absolute Gasteiger partial charge is 0.239 e. The van der Waals surface area contributed by atoms with Gasteiger partial charge in [-0.15, -0.1) is 20.4 Å². The van der Waals surface area contributed by atoms with Crippen LogP contribution >= 0.6 is 23.1 Å². The summed E-state index contributed by atoms with van der Waals surface area (Å²) < 4.78 is 12.6. The Morgan fingerprint density at radius 2 is 1.97 bits per heavy atom. The summed E-state index contributed by atoms with van der Waals surface area (Å²) in [5.41, 5.74) is 0.852. The van der Waals surface area contributed by atoms with Crippen LogP contribution in [0.25, 0.3) is 11.4 Å². The molecule has 1 aromatic carbocycles. The molecule has 154 valence electrons. The van der Waals surface area contributed by atoms with Gasteiger partial charge >= 0.3 is 0 Å². The zero-order chi connectivity index (χ0) is 21.0. The van der Waals surface area contributed by atoms with Crippen molar-refractivity contribution in [2.45, 2.75) is 37.7 Å². The molecule has 0 radical (unpaired) electrons. The van der Waals surface area contributed by atoms with Crippen molar-refractivity contribution in [1.29, 1.82) is 0 Å². The van der Waals surface area contributed by atoms with Crippen molar-refractivity contribution in [2.24, 2.45) is 0 Å². The number of aryl methyl sites for hydroxylation is 1. The maximum absolute atomic E-state index is 12.5. The molecule has 0 spiro atoms. The fraction of sp³-hybridized carbons (Fsp3) is 0.389. The van der Waals surface area contributed by atoms with Gasteiger partial charge in [-0.2, -0.15) is 0 Å². The molecule has 29 heavy (non-hydrogen) atoms. The number of ether oxygens (including phenoxy) is 2. The SMILES string of the molecule is CCn1c(S[C@@H](C)C(=O)Nc2nnc(C)s2)nnc1-c1ccc(OC)c(OC)c1. The van der Waals surface area contributed by atoms with Crippen LogP contribution in [-0.4, -0.2) is 50.3 Å². The molecule has 9 nitrogen and oxygen atoms in total. The summed E-state index contributed by atoms with van der Waals surface area (Å²) in [6.45, 7) is 6.32. The molecule has 11 heteroatoms. The van der Waals surface area contributed by atoms with Crippen molar-refractivity contribution in [3.8, 4) is 22.9 Å². The van der Waals surface area contributed by atoms with Crippen LogP contribution in [0, 0.1) is 6.92 Å². The average Bonchev–Trinajstić information content (AvgIpc) is 3.32. The van der Waals surface area contributed by atoms with Crippen LogP contribution in [0.3, 0.4) is 0 Å². The number of hydrogen-bond acceptors (Lipinski definition) is 9. The van der Waals surface area contributed by atoms with Gasteiger partial charge in [0.1, 0.15) is 5.01 Å². The molecule has 0 aliphatic carbocycles. The Morgan fingerprint density at radius 1 is 1.21 bits per heavy atom. The number of aromatic nitrogens is 5. The standard InChI is InChI=1S/C18H22N6O3S2/c1-6-24-15(12-7-8-13(26-4)14(9-12)27-5)21-23-18(24)28-10(2)16(25)19-17-22-20-11(3)29-17/h7-10H,6H2,1-5H3,(H,19,22,25)/t10-/m0/s1. The molecule has 0 saturated heterocycles. The Kier molecular flexibility index (Phi) is 6.70. The molecule has 1 amide bonds. The van der Waals surface area contributed by atoms with Crippen molar-refractivity contribution in [2.75, 3.05) is 19.5 Å². The fourth-order valence-electron chi connectivity index (χ4n) is 2.62. The Labute approximate surface area is 176 Å². The van der Waals surface area contributed by atoms with E-state index in [0.717, 1.165) is 10.6 Å². The Balaban J connectivity index is 1.79. The van der Waals surface area contributed by atoms with E-state index in [0.29, 0.717) is 34.2 Å². The van der Waals surface area contributed by atoms with E-state index < -0.39 is 0 Å². The number of carbonyl (C=O) groups excluding carboxylic acids is 1. The van der Waals surface area contributed by atoms with E-state index in [1.54, 1.807) is 14.2 Å². The maximum atomic E-state index is 12.5. The highest BCUT2D eigenvalue weighted by Gasteiger charge is 2.21. The molecule has 3 rings (SSSR count). The number of methoxy groups -OCH3 is 2. The first kappa shape index (κ1) is 21.1. The van der Waals surface area contributed by atoms with Crippen LogP contribution in [0.1, 0.15) is 18.9 Å². The predicted octanol–water partition coefficient (Wildman–Crippen LogP) is 3.26. The Hall–Kier alpha value is -2.66. The van der Waals surface area contributed by atoms with Crippen molar-refractivity contribution in [3.05, 3.63) is 23.2 Å². The first-order valence-electron chi connectivity index (χ1n) is 8.90. The van der Waals surface area contributed by atoms with Gasteiger partial charge in [0.25, 0.3) is 0 Å². The number of amides is 1. The number of nitrogens with one attached hydrogen (secondary N) is 1. The van der Waals surface area contributed by atoms with E-state index in [2.05, 4.69) is 25.7 Å². The second-order valence-electron chi connectivity index (χ2n) is 6.00. The number of nitrogens with zero attached hydrogens (tertiary/aromatic N) is 5. The molecule has 0 fully saturated rings. The first-order valence-corrected chi connectivity index (χ1v) is 10.6. The van der Waals surface area contributed by atoms with Crippen LogP contribution in [0.15, 0.2) is 23.4 Å². The Bertz CT molecular complexity index is 1000. The molecular weight excluding hydrogens is 412 g/mol. The molecule has 1 atom stereocenters. The van der Waals surface area contributed by atoms with Gasteiger partial charge in [-0.1, -0.05) is 23.1 Å². The van der Waals surface area contributed by atoms with Crippen LogP contribution in [0.4, 0.5) is 5.13 Å². The number of anilines is 1. The first-order chi connectivity index (χ1) is 14.0. The lowest BCUT2D eigenvalue weighted by Gasteiger charge is -2.12. The molecule has 0 aliphatic rings. The molecule has 0 saturated carbocycles. The van der Waals surface area contributed by atoms with Gasteiger partial charge in [0.05, 0.1) is 19.5 Å². The zero-order valence-electron chi connectivity index (χ0n) is 16.8. The third kappa shape index (κ3) is 4.67. The third-order valence-electron chi connectivity index (χ3n) is 4.08. The second kappa shape index (κ2) is 9.23. The highest BCUT2D eigenvalue weighted by Crippen LogP contribution is 2.33. The molecule has 0 aliphatic heterocycles. The predicted molar refractivity (Wildman–Crippen MR) is 113 cm³/mol. The largest absolute Gasteiger partial charge is 0.493 e. The highest BCUT2D eigenvalue weighted by molar-refractivity contribution is 8.00. The molecule has 1 N–H and O–H groups in total. The van der Waals surface area contributed by atoms with Gasteiger partial charge in [0, 0.05) is 12.1 Å². The lowest BCUT2D eigenvalue weighted by Crippen LogP contribution is -2.22. The fourth-order valence-corrected chi connectivity index (χ4v) is 4.12. The summed E-state index contributed by atoms with van der Waals surface area (Å²) in [5.74, 6) is 1.79. The van der Waals surface area contributed by atoms with Crippen molar-refractivity contribution < 1.29 is 14.3 Å². The van der Waals surface area contributed by atoms with E-state index in [4.69, 9.17) is 9.47 Å². The molecule has 0 bridgehead atoms. The summed E-state index contributed by atoms with van der Waals surface area (Å²) in [4.78, 5) is 12.5. The van der Waals surface area contributed by atoms with Gasteiger partial charge in [0.2, 0.25) is 11.0 Å². The minimum Gasteiger partial charge on any atom is -0.493 e. The van der Waals surface area contributed by atoms with Gasteiger partial charge in [-0.05, 0) is 39.0 Å². The molecule has 0 unspecified atom stereocenters.